The number of nitrogens with zero attached hydrogens (tertiary/aromatic N) is 1. The van der Waals surface area contributed by atoms with E-state index in [1.807, 2.05) is 24.3 Å². The topological polar surface area (TPSA) is 49.4 Å². The maximum atomic E-state index is 12.0. The molecule has 0 bridgehead atoms. The summed E-state index contributed by atoms with van der Waals surface area (Å²) in [5.41, 5.74) is 1.84. The van der Waals surface area contributed by atoms with Crippen LogP contribution in [0.5, 0.6) is 0 Å². The lowest BCUT2D eigenvalue weighted by molar-refractivity contribution is -0.767. The first-order chi connectivity index (χ1) is 7.15. The third kappa shape index (κ3) is 1.65. The number of hydrogen-bond acceptors (Lipinski definition) is 3. The van der Waals surface area contributed by atoms with Crippen molar-refractivity contribution in [3.8, 4) is 0 Å². The maximum Gasteiger partial charge on any atom is 0.520 e. The molecule has 1 aliphatic heterocycles. The average Bonchev–Trinajstić information content (AvgIpc) is 2.27. The van der Waals surface area contributed by atoms with Crippen molar-refractivity contribution < 1.29 is 14.2 Å². The van der Waals surface area contributed by atoms with Crippen LogP contribution in [0.4, 0.5) is 4.79 Å². The summed E-state index contributed by atoms with van der Waals surface area (Å²) in [6, 6.07) is 7.49. The number of rotatable bonds is 0. The van der Waals surface area contributed by atoms with Crippen LogP contribution in [0, 0.1) is 5.21 Å². The smallest absolute Gasteiger partial charge is 0.520 e. The first-order valence-electron chi connectivity index (χ1n) is 4.60. The van der Waals surface area contributed by atoms with E-state index in [9.17, 15) is 10.0 Å². The molecule has 78 valence electrons. The van der Waals surface area contributed by atoms with Gasteiger partial charge in [0.25, 0.3) is 0 Å². The van der Waals surface area contributed by atoms with Crippen LogP contribution in [-0.2, 0) is 11.3 Å². The van der Waals surface area contributed by atoms with Crippen molar-refractivity contribution in [3.63, 3.8) is 0 Å². The highest BCUT2D eigenvalue weighted by atomic mass is 16.7. The molecule has 0 spiro atoms. The summed E-state index contributed by atoms with van der Waals surface area (Å²) in [6.45, 7) is 0.0966. The number of methoxy groups -OCH3 is 1. The molecule has 0 N–H and O–H groups in total. The second kappa shape index (κ2) is 3.49. The SMILES string of the molecule is COC(=O)[N+]1([O-])C=Cc2ccccc2C1. The van der Waals surface area contributed by atoms with Crippen molar-refractivity contribution in [2.24, 2.45) is 0 Å². The quantitative estimate of drug-likeness (QED) is 0.482. The minimum atomic E-state index is -1.08. The number of carbonyl (C=O) groups is 1. The van der Waals surface area contributed by atoms with Gasteiger partial charge in [-0.1, -0.05) is 24.3 Å². The van der Waals surface area contributed by atoms with Crippen LogP contribution < -0.4 is 0 Å². The summed E-state index contributed by atoms with van der Waals surface area (Å²) in [5.74, 6) is 0. The Bertz CT molecular complexity index is 428. The molecule has 1 unspecified atom stereocenters. The minimum Gasteiger partial charge on any atom is -0.617 e. The van der Waals surface area contributed by atoms with Crippen LogP contribution in [0.2, 0.25) is 0 Å². The highest BCUT2D eigenvalue weighted by molar-refractivity contribution is 5.64. The lowest BCUT2D eigenvalue weighted by Gasteiger charge is -2.36. The largest absolute Gasteiger partial charge is 0.617 e. The van der Waals surface area contributed by atoms with E-state index in [4.69, 9.17) is 0 Å². The van der Waals surface area contributed by atoms with Gasteiger partial charge >= 0.3 is 6.09 Å². The summed E-state index contributed by atoms with van der Waals surface area (Å²) < 4.78 is 3.40. The molecule has 1 aromatic rings. The number of ether oxygens (including phenoxy) is 1. The number of amides is 1. The van der Waals surface area contributed by atoms with Crippen LogP contribution in [0.3, 0.4) is 0 Å². The molecular formula is C11H11NO3. The lowest BCUT2D eigenvalue weighted by Crippen LogP contribution is -2.43. The number of hydroxylamine groups is 3. The number of hydrogen-bond donors (Lipinski definition) is 0. The molecule has 1 atom stereocenters. The molecule has 0 radical (unpaired) electrons. The fourth-order valence-electron chi connectivity index (χ4n) is 1.63. The number of quaternary nitrogens is 1. The Kier molecular flexibility index (Phi) is 2.30. The standard InChI is InChI=1S/C11H11NO3/c1-15-11(13)12(14)7-6-9-4-2-3-5-10(9)8-12/h2-7H,8H2,1H3. The number of carbonyl (C=O) groups excluding carboxylic acids is 1. The lowest BCUT2D eigenvalue weighted by atomic mass is 10.0. The van der Waals surface area contributed by atoms with Crippen molar-refractivity contribution >= 4 is 12.2 Å². The van der Waals surface area contributed by atoms with Crippen LogP contribution in [0.25, 0.3) is 6.08 Å². The van der Waals surface area contributed by atoms with Gasteiger partial charge in [0.05, 0.1) is 7.11 Å². The van der Waals surface area contributed by atoms with Gasteiger partial charge in [-0.2, -0.15) is 4.79 Å². The van der Waals surface area contributed by atoms with E-state index in [0.717, 1.165) is 11.1 Å². The Balaban J connectivity index is 2.37. The Morgan fingerprint density at radius 3 is 2.93 bits per heavy atom. The van der Waals surface area contributed by atoms with Crippen molar-refractivity contribution in [3.05, 3.63) is 46.8 Å². The monoisotopic (exact) mass is 205 g/mol. The van der Waals surface area contributed by atoms with E-state index in [0.29, 0.717) is 0 Å². The predicted octanol–water partition coefficient (Wildman–Crippen LogP) is 2.25. The van der Waals surface area contributed by atoms with Crippen molar-refractivity contribution in [2.75, 3.05) is 7.11 Å². The molecule has 0 fully saturated rings. The Morgan fingerprint density at radius 1 is 1.47 bits per heavy atom. The Labute approximate surface area is 87.6 Å². The zero-order chi connectivity index (χ0) is 10.9. The molecule has 4 heteroatoms. The normalized spacial score (nSPS) is 23.3. The molecule has 0 aromatic heterocycles. The third-order valence-electron chi connectivity index (χ3n) is 2.44. The first-order valence-corrected chi connectivity index (χ1v) is 4.60. The van der Waals surface area contributed by atoms with Crippen molar-refractivity contribution in [1.82, 2.24) is 0 Å². The molecule has 0 aliphatic carbocycles. The Hall–Kier alpha value is -1.65. The zero-order valence-electron chi connectivity index (χ0n) is 8.34. The zero-order valence-corrected chi connectivity index (χ0v) is 8.34. The molecule has 1 aromatic carbocycles. The molecule has 0 saturated heterocycles. The Morgan fingerprint density at radius 2 is 2.20 bits per heavy atom. The van der Waals surface area contributed by atoms with Crippen molar-refractivity contribution in [1.29, 1.82) is 0 Å². The van der Waals surface area contributed by atoms with Gasteiger partial charge in [0.15, 0.2) is 0 Å². The van der Waals surface area contributed by atoms with Gasteiger partial charge in [0, 0.05) is 11.6 Å². The highest BCUT2D eigenvalue weighted by Gasteiger charge is 2.30. The van der Waals surface area contributed by atoms with Crippen LogP contribution in [0.15, 0.2) is 30.5 Å². The van der Waals surface area contributed by atoms with E-state index in [-0.39, 0.29) is 6.54 Å². The van der Waals surface area contributed by atoms with Crippen LogP contribution in [0.1, 0.15) is 11.1 Å². The maximum absolute atomic E-state index is 12.0. The van der Waals surface area contributed by atoms with Gasteiger partial charge in [-0.3, -0.25) is 0 Å². The summed E-state index contributed by atoms with van der Waals surface area (Å²) in [4.78, 5) is 11.3. The molecule has 1 aliphatic rings. The van der Waals surface area contributed by atoms with E-state index < -0.39 is 10.7 Å². The van der Waals surface area contributed by atoms with Crippen molar-refractivity contribution in [2.45, 2.75) is 6.54 Å². The van der Waals surface area contributed by atoms with Gasteiger partial charge in [0.2, 0.25) is 0 Å². The van der Waals surface area contributed by atoms with Gasteiger partial charge in [-0.25, -0.2) is 4.65 Å². The molecular weight excluding hydrogens is 194 g/mol. The van der Waals surface area contributed by atoms with E-state index >= 15 is 0 Å². The van der Waals surface area contributed by atoms with Gasteiger partial charge in [0.1, 0.15) is 12.7 Å². The molecule has 1 amide bonds. The predicted molar refractivity (Wildman–Crippen MR) is 55.2 cm³/mol. The molecule has 15 heavy (non-hydrogen) atoms. The van der Waals surface area contributed by atoms with Gasteiger partial charge in [-0.15, -0.1) is 0 Å². The molecule has 4 nitrogen and oxygen atoms in total. The third-order valence-corrected chi connectivity index (χ3v) is 2.44. The second-order valence-corrected chi connectivity index (χ2v) is 3.44. The summed E-state index contributed by atoms with van der Waals surface area (Å²) in [5, 5.41) is 12.0. The highest BCUT2D eigenvalue weighted by Crippen LogP contribution is 2.25. The first kappa shape index (κ1) is 9.89. The molecule has 0 saturated carbocycles. The van der Waals surface area contributed by atoms with E-state index in [1.165, 1.54) is 13.3 Å². The molecule has 2 rings (SSSR count). The summed E-state index contributed by atoms with van der Waals surface area (Å²) >= 11 is 0. The van der Waals surface area contributed by atoms with Gasteiger partial charge in [-0.05, 0) is 5.56 Å². The summed E-state index contributed by atoms with van der Waals surface area (Å²) in [6.07, 6.45) is 2.18. The average molecular weight is 205 g/mol. The fourth-order valence-corrected chi connectivity index (χ4v) is 1.63. The fraction of sp³-hybridized carbons (Fsp3) is 0.182. The van der Waals surface area contributed by atoms with E-state index in [1.54, 1.807) is 6.08 Å². The van der Waals surface area contributed by atoms with Gasteiger partial charge < -0.3 is 9.94 Å². The van der Waals surface area contributed by atoms with E-state index in [2.05, 4.69) is 4.74 Å². The van der Waals surface area contributed by atoms with Crippen LogP contribution >= 0.6 is 0 Å². The second-order valence-electron chi connectivity index (χ2n) is 3.44. The van der Waals surface area contributed by atoms with Crippen LogP contribution in [-0.4, -0.2) is 17.8 Å². The minimum absolute atomic E-state index is 0.0966. The number of fused-ring (bicyclic) bond motifs is 1. The summed E-state index contributed by atoms with van der Waals surface area (Å²) in [7, 11) is 1.22. The molecule has 1 heterocycles. The number of benzene rings is 1.